The van der Waals surface area contributed by atoms with Crippen LogP contribution in [0.1, 0.15) is 54.3 Å². The maximum absolute atomic E-state index is 13.9. The molecule has 2 N–H and O–H groups in total. The molecule has 36 heavy (non-hydrogen) atoms. The molecule has 0 aromatic heterocycles. The normalized spacial score (nSPS) is 19.1. The summed E-state index contributed by atoms with van der Waals surface area (Å²) in [6.45, 7) is 1.99. The van der Waals surface area contributed by atoms with Gasteiger partial charge in [0.15, 0.2) is 5.78 Å². The number of hydrogen-bond acceptors (Lipinski definition) is 4. The van der Waals surface area contributed by atoms with Gasteiger partial charge in [-0.1, -0.05) is 72.3 Å². The number of carbonyl (C=O) groups is 3. The summed E-state index contributed by atoms with van der Waals surface area (Å²) in [5.41, 5.74) is 5.75. The predicted octanol–water partition coefficient (Wildman–Crippen LogP) is 5.76. The summed E-state index contributed by atoms with van der Waals surface area (Å²) in [7, 11) is 0. The first-order valence-corrected chi connectivity index (χ1v) is 12.2. The zero-order valence-corrected chi connectivity index (χ0v) is 20.1. The molecule has 2 atom stereocenters. The number of benzene rings is 3. The van der Waals surface area contributed by atoms with Gasteiger partial charge < -0.3 is 10.4 Å². The van der Waals surface area contributed by atoms with Gasteiger partial charge in [-0.15, -0.1) is 0 Å². The summed E-state index contributed by atoms with van der Waals surface area (Å²) in [6, 6.07) is 24.7. The van der Waals surface area contributed by atoms with Crippen LogP contribution in [0.5, 0.6) is 0 Å². The van der Waals surface area contributed by atoms with Crippen molar-refractivity contribution in [3.63, 3.8) is 0 Å². The average molecular weight is 481 g/mol. The van der Waals surface area contributed by atoms with E-state index in [9.17, 15) is 19.5 Å². The second kappa shape index (κ2) is 9.82. The largest absolute Gasteiger partial charge is 0.481 e. The lowest BCUT2D eigenvalue weighted by Gasteiger charge is -2.35. The third kappa shape index (κ3) is 4.54. The van der Waals surface area contributed by atoms with Crippen LogP contribution >= 0.6 is 0 Å². The lowest BCUT2D eigenvalue weighted by atomic mass is 9.78. The molecule has 1 amide bonds. The average Bonchev–Trinajstić information content (AvgIpc) is 3.03. The molecule has 5 rings (SSSR count). The molecular formula is C30H28N2O4. The van der Waals surface area contributed by atoms with E-state index in [1.807, 2.05) is 85.8 Å². The molecule has 0 bridgehead atoms. The Labute approximate surface area is 210 Å². The molecule has 6 heteroatoms. The van der Waals surface area contributed by atoms with Gasteiger partial charge in [0.05, 0.1) is 23.8 Å². The molecule has 1 heterocycles. The van der Waals surface area contributed by atoms with E-state index in [2.05, 4.69) is 5.32 Å². The Kier molecular flexibility index (Phi) is 6.42. The van der Waals surface area contributed by atoms with Crippen LogP contribution in [0.4, 0.5) is 11.4 Å². The van der Waals surface area contributed by atoms with Crippen molar-refractivity contribution in [1.29, 1.82) is 0 Å². The van der Waals surface area contributed by atoms with Crippen molar-refractivity contribution in [3.05, 3.63) is 107 Å². The molecule has 0 radical (unpaired) electrons. The van der Waals surface area contributed by atoms with E-state index in [0.29, 0.717) is 24.1 Å². The highest BCUT2D eigenvalue weighted by Crippen LogP contribution is 2.47. The third-order valence-electron chi connectivity index (χ3n) is 6.97. The van der Waals surface area contributed by atoms with Crippen molar-refractivity contribution in [2.75, 3.05) is 10.2 Å². The Morgan fingerprint density at radius 2 is 1.58 bits per heavy atom. The number of nitrogens with zero attached hydrogens (tertiary/aromatic N) is 1. The number of ketones is 1. The first-order chi connectivity index (χ1) is 17.4. The van der Waals surface area contributed by atoms with Crippen LogP contribution < -0.4 is 10.2 Å². The van der Waals surface area contributed by atoms with Gasteiger partial charge >= 0.3 is 5.97 Å². The van der Waals surface area contributed by atoms with Gasteiger partial charge in [-0.2, -0.15) is 0 Å². The number of aryl methyl sites for hydroxylation is 1. The molecule has 1 aliphatic carbocycles. The fraction of sp³-hybridized carbons (Fsp3) is 0.233. The van der Waals surface area contributed by atoms with E-state index in [1.54, 1.807) is 4.90 Å². The van der Waals surface area contributed by atoms with Gasteiger partial charge in [0, 0.05) is 24.1 Å². The number of para-hydroxylation sites is 2. The topological polar surface area (TPSA) is 86.7 Å². The monoisotopic (exact) mass is 480 g/mol. The Morgan fingerprint density at radius 3 is 2.31 bits per heavy atom. The van der Waals surface area contributed by atoms with Gasteiger partial charge in [0.1, 0.15) is 0 Å². The Balaban J connectivity index is 1.68. The molecule has 0 fully saturated rings. The van der Waals surface area contributed by atoms with E-state index in [-0.39, 0.29) is 30.4 Å². The number of anilines is 2. The van der Waals surface area contributed by atoms with Crippen molar-refractivity contribution in [1.82, 2.24) is 0 Å². The molecule has 1 aliphatic heterocycles. The van der Waals surface area contributed by atoms with Crippen LogP contribution in [0.15, 0.2) is 90.1 Å². The minimum atomic E-state index is -1.03. The summed E-state index contributed by atoms with van der Waals surface area (Å²) < 4.78 is 0. The van der Waals surface area contributed by atoms with Gasteiger partial charge in [0.25, 0.3) is 0 Å². The van der Waals surface area contributed by atoms with E-state index in [0.717, 1.165) is 28.1 Å². The van der Waals surface area contributed by atoms with Crippen LogP contribution in [0, 0.1) is 6.92 Å². The standard InChI is InChI=1S/C30H28N2O4/c1-19-11-13-21(14-12-19)30-29-24(17-22(18-26(29)33)20-7-3-2-4-8-20)31-23-9-5-6-10-25(23)32(30)27(34)15-16-28(35)36/h2-14,22,30-31H,15-18H2,1H3,(H,35,36)/t22-,30+/m1/s1. The van der Waals surface area contributed by atoms with E-state index in [4.69, 9.17) is 0 Å². The number of fused-ring (bicyclic) bond motifs is 1. The lowest BCUT2D eigenvalue weighted by Crippen LogP contribution is -2.38. The summed E-state index contributed by atoms with van der Waals surface area (Å²) in [4.78, 5) is 40.4. The van der Waals surface area contributed by atoms with Crippen molar-refractivity contribution >= 4 is 29.0 Å². The lowest BCUT2D eigenvalue weighted by molar-refractivity contribution is -0.138. The predicted molar refractivity (Wildman–Crippen MR) is 139 cm³/mol. The number of hydrogen-bond donors (Lipinski definition) is 2. The minimum absolute atomic E-state index is 0.00739. The minimum Gasteiger partial charge on any atom is -0.481 e. The number of allylic oxidation sites excluding steroid dienone is 1. The second-order valence-corrected chi connectivity index (χ2v) is 9.44. The van der Waals surface area contributed by atoms with Crippen LogP contribution in [0.2, 0.25) is 0 Å². The Hall–Kier alpha value is -4.19. The van der Waals surface area contributed by atoms with E-state index < -0.39 is 12.0 Å². The van der Waals surface area contributed by atoms with Gasteiger partial charge in [-0.25, -0.2) is 0 Å². The Bertz CT molecular complexity index is 1340. The molecule has 0 saturated heterocycles. The summed E-state index contributed by atoms with van der Waals surface area (Å²) in [5.74, 6) is -1.34. The number of aliphatic carboxylic acids is 1. The number of carboxylic acid groups (broad SMARTS) is 1. The fourth-order valence-corrected chi connectivity index (χ4v) is 5.22. The number of amides is 1. The third-order valence-corrected chi connectivity index (χ3v) is 6.97. The highest BCUT2D eigenvalue weighted by Gasteiger charge is 2.41. The molecule has 182 valence electrons. The van der Waals surface area contributed by atoms with Crippen LogP contribution in [0.3, 0.4) is 0 Å². The summed E-state index contributed by atoms with van der Waals surface area (Å²) in [5, 5.41) is 12.7. The number of carbonyl (C=O) groups excluding carboxylic acids is 2. The number of Topliss-reactive ketones (excluding diaryl/α,β-unsaturated/α-hetero) is 1. The fourth-order valence-electron chi connectivity index (χ4n) is 5.22. The van der Waals surface area contributed by atoms with Crippen LogP contribution in [0.25, 0.3) is 0 Å². The smallest absolute Gasteiger partial charge is 0.303 e. The number of carboxylic acids is 1. The molecule has 6 nitrogen and oxygen atoms in total. The molecule has 3 aromatic carbocycles. The van der Waals surface area contributed by atoms with Gasteiger partial charge in [-0.05, 0) is 42.5 Å². The quantitative estimate of drug-likeness (QED) is 0.485. The van der Waals surface area contributed by atoms with Crippen LogP contribution in [-0.4, -0.2) is 22.8 Å². The highest BCUT2D eigenvalue weighted by atomic mass is 16.4. The zero-order chi connectivity index (χ0) is 25.2. The molecular weight excluding hydrogens is 452 g/mol. The molecule has 2 aliphatic rings. The second-order valence-electron chi connectivity index (χ2n) is 9.44. The van der Waals surface area contributed by atoms with Crippen molar-refractivity contribution < 1.29 is 19.5 Å². The molecule has 3 aromatic rings. The van der Waals surface area contributed by atoms with E-state index in [1.165, 1.54) is 0 Å². The van der Waals surface area contributed by atoms with Gasteiger partial charge in [-0.3, -0.25) is 19.3 Å². The summed E-state index contributed by atoms with van der Waals surface area (Å²) >= 11 is 0. The highest BCUT2D eigenvalue weighted by molar-refractivity contribution is 6.06. The van der Waals surface area contributed by atoms with Gasteiger partial charge in [0.2, 0.25) is 5.91 Å². The van der Waals surface area contributed by atoms with Crippen LogP contribution in [-0.2, 0) is 14.4 Å². The number of nitrogens with one attached hydrogen (secondary N) is 1. The number of rotatable bonds is 5. The van der Waals surface area contributed by atoms with Crippen molar-refractivity contribution in [2.45, 2.75) is 44.6 Å². The maximum atomic E-state index is 13.9. The molecule has 0 saturated carbocycles. The van der Waals surface area contributed by atoms with Crippen molar-refractivity contribution in [2.24, 2.45) is 0 Å². The maximum Gasteiger partial charge on any atom is 0.303 e. The summed E-state index contributed by atoms with van der Waals surface area (Å²) in [6.07, 6.45) is 0.552. The zero-order valence-electron chi connectivity index (χ0n) is 20.1. The SMILES string of the molecule is Cc1ccc([C@H]2C3=C(C[C@@H](c4ccccc4)CC3=O)Nc3ccccc3N2C(=O)CCC(=O)O)cc1. The first-order valence-electron chi connectivity index (χ1n) is 12.2. The first kappa shape index (κ1) is 23.5. The molecule has 0 unspecified atom stereocenters. The molecule has 0 spiro atoms. The Morgan fingerprint density at radius 1 is 0.889 bits per heavy atom. The van der Waals surface area contributed by atoms with E-state index >= 15 is 0 Å². The van der Waals surface area contributed by atoms with Crippen molar-refractivity contribution in [3.8, 4) is 0 Å².